The molecule has 0 aliphatic carbocycles. The summed E-state index contributed by atoms with van der Waals surface area (Å²) in [6, 6.07) is 13.2. The number of hydrogen-bond donors (Lipinski definition) is 1. The van der Waals surface area contributed by atoms with Crippen LogP contribution in [0.2, 0.25) is 10.0 Å². The van der Waals surface area contributed by atoms with E-state index in [1.807, 2.05) is 30.5 Å². The van der Waals surface area contributed by atoms with Crippen molar-refractivity contribution in [3.63, 3.8) is 0 Å². The highest BCUT2D eigenvalue weighted by molar-refractivity contribution is 8.18. The van der Waals surface area contributed by atoms with Gasteiger partial charge in [-0.1, -0.05) is 42.3 Å². The molecule has 1 aliphatic rings. The van der Waals surface area contributed by atoms with Gasteiger partial charge in [0.2, 0.25) is 0 Å². The molecular weight excluding hydrogens is 413 g/mol. The second-order valence-electron chi connectivity index (χ2n) is 6.15. The number of pyridine rings is 1. The van der Waals surface area contributed by atoms with Crippen LogP contribution in [0.1, 0.15) is 18.1 Å². The first-order valence-electron chi connectivity index (χ1n) is 8.66. The van der Waals surface area contributed by atoms with Crippen molar-refractivity contribution in [1.82, 2.24) is 10.3 Å². The lowest BCUT2D eigenvalue weighted by Crippen LogP contribution is -2.19. The Bertz CT molecular complexity index is 1140. The Kier molecular flexibility index (Phi) is 5.40. The Labute approximate surface area is 176 Å². The summed E-state index contributed by atoms with van der Waals surface area (Å²) in [5, 5.41) is 5.17. The van der Waals surface area contributed by atoms with Gasteiger partial charge >= 0.3 is 0 Å². The second kappa shape index (κ2) is 7.95. The van der Waals surface area contributed by atoms with Gasteiger partial charge < -0.3 is 5.32 Å². The number of para-hydroxylation sites is 1. The van der Waals surface area contributed by atoms with Crippen LogP contribution in [0.4, 0.5) is 5.69 Å². The van der Waals surface area contributed by atoms with Gasteiger partial charge in [-0.25, -0.2) is 4.99 Å². The third-order valence-corrected chi connectivity index (χ3v) is 5.86. The van der Waals surface area contributed by atoms with Gasteiger partial charge in [-0.2, -0.15) is 0 Å². The van der Waals surface area contributed by atoms with E-state index in [1.165, 1.54) is 17.3 Å². The maximum atomic E-state index is 12.4. The van der Waals surface area contributed by atoms with Crippen molar-refractivity contribution < 1.29 is 4.79 Å². The molecule has 0 bridgehead atoms. The van der Waals surface area contributed by atoms with Crippen LogP contribution < -0.4 is 5.32 Å². The highest BCUT2D eigenvalue weighted by Crippen LogP contribution is 2.35. The van der Waals surface area contributed by atoms with Crippen LogP contribution in [0.15, 0.2) is 58.6 Å². The van der Waals surface area contributed by atoms with Crippen LogP contribution in [-0.2, 0) is 11.2 Å². The zero-order valence-electron chi connectivity index (χ0n) is 14.9. The molecule has 1 fully saturated rings. The first-order valence-corrected chi connectivity index (χ1v) is 10.2. The average molecular weight is 428 g/mol. The molecule has 0 atom stereocenters. The molecule has 0 unspecified atom stereocenters. The van der Waals surface area contributed by atoms with Crippen LogP contribution in [0, 0.1) is 0 Å². The lowest BCUT2D eigenvalue weighted by molar-refractivity contribution is -0.115. The number of amides is 1. The van der Waals surface area contributed by atoms with Crippen LogP contribution in [0.25, 0.3) is 17.0 Å². The van der Waals surface area contributed by atoms with Crippen molar-refractivity contribution in [3.05, 3.63) is 74.7 Å². The number of thioether (sulfide) groups is 1. The zero-order valence-corrected chi connectivity index (χ0v) is 17.2. The van der Waals surface area contributed by atoms with Gasteiger partial charge in [0.1, 0.15) is 5.69 Å². The number of carbonyl (C=O) groups excluding carboxylic acids is 1. The van der Waals surface area contributed by atoms with E-state index in [2.05, 4.69) is 28.3 Å². The SMILES string of the molecule is CCc1ccnc2ccc(/C=C3/SC(=Nc4c(Cl)cccc4Cl)NC3=O)cc12. The zero-order chi connectivity index (χ0) is 19.7. The van der Waals surface area contributed by atoms with Crippen molar-refractivity contribution in [2.75, 3.05) is 0 Å². The second-order valence-corrected chi connectivity index (χ2v) is 8.00. The summed E-state index contributed by atoms with van der Waals surface area (Å²) in [5.74, 6) is -0.200. The van der Waals surface area contributed by atoms with Gasteiger partial charge in [-0.05, 0) is 65.7 Å². The molecule has 1 aromatic heterocycles. The predicted octanol–water partition coefficient (Wildman–Crippen LogP) is 6.00. The standard InChI is InChI=1S/C21H15Cl2N3OS/c1-2-13-8-9-24-17-7-6-12(10-14(13)17)11-18-20(27)26-21(28-18)25-19-15(22)4-3-5-16(19)23/h3-11H,2H2,1H3,(H,25,26,27)/b18-11+. The average Bonchev–Trinajstić information content (AvgIpc) is 3.03. The van der Waals surface area contributed by atoms with Gasteiger partial charge in [0, 0.05) is 11.6 Å². The molecule has 0 spiro atoms. The third-order valence-electron chi connectivity index (χ3n) is 4.34. The topological polar surface area (TPSA) is 54.4 Å². The minimum atomic E-state index is -0.200. The Morgan fingerprint density at radius 2 is 1.96 bits per heavy atom. The molecule has 2 heterocycles. The summed E-state index contributed by atoms with van der Waals surface area (Å²) < 4.78 is 0. The predicted molar refractivity (Wildman–Crippen MR) is 118 cm³/mol. The van der Waals surface area contributed by atoms with Crippen LogP contribution in [-0.4, -0.2) is 16.1 Å². The number of hydrogen-bond acceptors (Lipinski definition) is 4. The monoisotopic (exact) mass is 427 g/mol. The summed E-state index contributed by atoms with van der Waals surface area (Å²) in [5.41, 5.74) is 3.55. The van der Waals surface area contributed by atoms with Crippen molar-refractivity contribution >= 4 is 68.7 Å². The van der Waals surface area contributed by atoms with Crippen molar-refractivity contribution in [2.45, 2.75) is 13.3 Å². The van der Waals surface area contributed by atoms with Crippen molar-refractivity contribution in [3.8, 4) is 0 Å². The lowest BCUT2D eigenvalue weighted by atomic mass is 10.0. The number of aliphatic imine (C=N–C) groups is 1. The number of aryl methyl sites for hydroxylation is 1. The number of fused-ring (bicyclic) bond motifs is 1. The molecule has 7 heteroatoms. The molecule has 28 heavy (non-hydrogen) atoms. The van der Waals surface area contributed by atoms with E-state index in [0.717, 1.165) is 22.9 Å². The maximum absolute atomic E-state index is 12.4. The van der Waals surface area contributed by atoms with Crippen LogP contribution in [0.3, 0.4) is 0 Å². The van der Waals surface area contributed by atoms with E-state index in [-0.39, 0.29) is 5.91 Å². The third kappa shape index (κ3) is 3.78. The van der Waals surface area contributed by atoms with E-state index in [4.69, 9.17) is 23.2 Å². The molecule has 1 aliphatic heterocycles. The van der Waals surface area contributed by atoms with E-state index in [1.54, 1.807) is 18.2 Å². The number of benzene rings is 2. The summed E-state index contributed by atoms with van der Waals surface area (Å²) in [7, 11) is 0. The molecule has 0 radical (unpaired) electrons. The number of carbonyl (C=O) groups is 1. The van der Waals surface area contributed by atoms with E-state index in [0.29, 0.717) is 25.8 Å². The summed E-state index contributed by atoms with van der Waals surface area (Å²) >= 11 is 13.6. The largest absolute Gasteiger partial charge is 0.300 e. The first-order chi connectivity index (χ1) is 13.5. The number of amidine groups is 1. The van der Waals surface area contributed by atoms with Crippen molar-refractivity contribution in [2.24, 2.45) is 4.99 Å². The number of nitrogens with zero attached hydrogens (tertiary/aromatic N) is 2. The molecule has 0 saturated carbocycles. The fourth-order valence-corrected chi connectivity index (χ4v) is 4.26. The van der Waals surface area contributed by atoms with Crippen LogP contribution >= 0.6 is 35.0 Å². The Morgan fingerprint density at radius 3 is 2.71 bits per heavy atom. The van der Waals surface area contributed by atoms with E-state index in [9.17, 15) is 4.79 Å². The molecule has 1 amide bonds. The van der Waals surface area contributed by atoms with Gasteiger partial charge in [0.25, 0.3) is 5.91 Å². The molecule has 1 saturated heterocycles. The maximum Gasteiger partial charge on any atom is 0.264 e. The van der Waals surface area contributed by atoms with Crippen LogP contribution in [0.5, 0.6) is 0 Å². The van der Waals surface area contributed by atoms with E-state index >= 15 is 0 Å². The van der Waals surface area contributed by atoms with E-state index < -0.39 is 0 Å². The fraction of sp³-hybridized carbons (Fsp3) is 0.0952. The summed E-state index contributed by atoms with van der Waals surface area (Å²) in [4.78, 5) is 21.7. The minimum absolute atomic E-state index is 0.200. The first kappa shape index (κ1) is 19.0. The van der Waals surface area contributed by atoms with Gasteiger partial charge in [-0.3, -0.25) is 9.78 Å². The van der Waals surface area contributed by atoms with Gasteiger partial charge in [0.05, 0.1) is 20.5 Å². The molecule has 3 aromatic rings. The smallest absolute Gasteiger partial charge is 0.264 e. The minimum Gasteiger partial charge on any atom is -0.300 e. The molecule has 140 valence electrons. The lowest BCUT2D eigenvalue weighted by Gasteiger charge is -2.04. The van der Waals surface area contributed by atoms with Gasteiger partial charge in [-0.15, -0.1) is 0 Å². The summed E-state index contributed by atoms with van der Waals surface area (Å²) in [6.45, 7) is 2.11. The Morgan fingerprint density at radius 1 is 1.18 bits per heavy atom. The summed E-state index contributed by atoms with van der Waals surface area (Å²) in [6.07, 6.45) is 4.59. The highest BCUT2D eigenvalue weighted by Gasteiger charge is 2.24. The molecule has 1 N–H and O–H groups in total. The normalized spacial score (nSPS) is 16.9. The number of aromatic nitrogens is 1. The molecule has 2 aromatic carbocycles. The molecule has 4 rings (SSSR count). The Hall–Kier alpha value is -2.34. The highest BCUT2D eigenvalue weighted by atomic mass is 35.5. The number of halogens is 2. The number of nitrogens with one attached hydrogen (secondary N) is 1. The Balaban J connectivity index is 1.67. The molecular formula is C21H15Cl2N3OS. The fourth-order valence-electron chi connectivity index (χ4n) is 2.95. The quantitative estimate of drug-likeness (QED) is 0.521. The number of rotatable bonds is 3. The van der Waals surface area contributed by atoms with Crippen molar-refractivity contribution in [1.29, 1.82) is 0 Å². The van der Waals surface area contributed by atoms with Gasteiger partial charge in [0.15, 0.2) is 5.17 Å². The molecule has 4 nitrogen and oxygen atoms in total.